The lowest BCUT2D eigenvalue weighted by atomic mass is 10.2. The van der Waals surface area contributed by atoms with E-state index in [-0.39, 0.29) is 15.5 Å². The number of nitrogens with zero attached hydrogens (tertiary/aromatic N) is 1. The lowest BCUT2D eigenvalue weighted by Crippen LogP contribution is -2.36. The highest BCUT2D eigenvalue weighted by molar-refractivity contribution is 9.10. The van der Waals surface area contributed by atoms with Gasteiger partial charge < -0.3 is 15.0 Å². The second kappa shape index (κ2) is 8.18. The number of rotatable bonds is 4. The van der Waals surface area contributed by atoms with Crippen molar-refractivity contribution in [2.24, 2.45) is 0 Å². The molecule has 0 radical (unpaired) electrons. The number of ether oxygens (including phenoxy) is 1. The number of amides is 1. The van der Waals surface area contributed by atoms with Crippen molar-refractivity contribution in [2.75, 3.05) is 42.8 Å². The van der Waals surface area contributed by atoms with Crippen molar-refractivity contribution in [1.82, 2.24) is 0 Å². The molecule has 27 heavy (non-hydrogen) atoms. The maximum atomic E-state index is 12.8. The van der Waals surface area contributed by atoms with Crippen LogP contribution in [0, 0.1) is 0 Å². The average Bonchev–Trinajstić information content (AvgIpc) is 2.62. The molecule has 0 atom stereocenters. The molecule has 2 aromatic rings. The summed E-state index contributed by atoms with van der Waals surface area (Å²) in [6, 6.07) is 9.71. The highest BCUT2D eigenvalue weighted by atomic mass is 79.9. The fourth-order valence-corrected chi connectivity index (χ4v) is 4.00. The Labute approximate surface area is 171 Å². The van der Waals surface area contributed by atoms with Crippen LogP contribution < -0.4 is 10.2 Å². The van der Waals surface area contributed by atoms with Gasteiger partial charge in [0.15, 0.2) is 9.84 Å². The van der Waals surface area contributed by atoms with Gasteiger partial charge in [-0.2, -0.15) is 0 Å². The van der Waals surface area contributed by atoms with Gasteiger partial charge >= 0.3 is 0 Å². The number of morpholine rings is 1. The third-order valence-corrected chi connectivity index (χ3v) is 6.10. The summed E-state index contributed by atoms with van der Waals surface area (Å²) in [6.45, 7) is 2.67. The van der Waals surface area contributed by atoms with Crippen LogP contribution in [0.2, 0.25) is 5.02 Å². The monoisotopic (exact) mass is 472 g/mol. The lowest BCUT2D eigenvalue weighted by molar-refractivity contribution is 0.102. The second-order valence-electron chi connectivity index (χ2n) is 6.13. The molecule has 2 aromatic carbocycles. The minimum absolute atomic E-state index is 0.0414. The number of sulfone groups is 1. The van der Waals surface area contributed by atoms with Crippen LogP contribution >= 0.6 is 27.5 Å². The topological polar surface area (TPSA) is 75.7 Å². The first-order valence-electron chi connectivity index (χ1n) is 8.19. The van der Waals surface area contributed by atoms with Gasteiger partial charge in [-0.05, 0) is 36.4 Å². The van der Waals surface area contributed by atoms with Crippen molar-refractivity contribution in [2.45, 2.75) is 4.90 Å². The Balaban J connectivity index is 1.93. The Bertz CT molecular complexity index is 975. The van der Waals surface area contributed by atoms with E-state index in [2.05, 4.69) is 26.1 Å². The fourth-order valence-electron chi connectivity index (χ4n) is 2.79. The Morgan fingerprint density at radius 2 is 1.89 bits per heavy atom. The zero-order valence-electron chi connectivity index (χ0n) is 14.5. The van der Waals surface area contributed by atoms with E-state index in [1.165, 1.54) is 18.2 Å². The van der Waals surface area contributed by atoms with Crippen LogP contribution in [-0.2, 0) is 14.6 Å². The molecule has 1 N–H and O–H groups in total. The molecule has 1 heterocycles. The van der Waals surface area contributed by atoms with Crippen LogP contribution in [0.5, 0.6) is 0 Å². The number of hydrogen-bond acceptors (Lipinski definition) is 5. The van der Waals surface area contributed by atoms with Crippen molar-refractivity contribution in [1.29, 1.82) is 0 Å². The zero-order valence-corrected chi connectivity index (χ0v) is 17.7. The summed E-state index contributed by atoms with van der Waals surface area (Å²) in [5, 5.41) is 3.04. The van der Waals surface area contributed by atoms with E-state index in [1.807, 2.05) is 12.1 Å². The van der Waals surface area contributed by atoms with Crippen LogP contribution in [0.15, 0.2) is 45.8 Å². The summed E-state index contributed by atoms with van der Waals surface area (Å²) in [5.41, 5.74) is 1.58. The lowest BCUT2D eigenvalue weighted by Gasteiger charge is -2.30. The summed E-state index contributed by atoms with van der Waals surface area (Å²) < 4.78 is 29.8. The van der Waals surface area contributed by atoms with E-state index in [4.69, 9.17) is 16.3 Å². The smallest absolute Gasteiger partial charge is 0.257 e. The van der Waals surface area contributed by atoms with E-state index < -0.39 is 15.7 Å². The molecule has 1 amide bonds. The largest absolute Gasteiger partial charge is 0.378 e. The van der Waals surface area contributed by atoms with Crippen LogP contribution in [0.25, 0.3) is 0 Å². The van der Waals surface area contributed by atoms with Crippen LogP contribution in [-0.4, -0.2) is 46.9 Å². The average molecular weight is 474 g/mol. The molecule has 0 bridgehead atoms. The molecule has 3 rings (SSSR count). The Kier molecular flexibility index (Phi) is 6.10. The Hall–Kier alpha value is -1.61. The van der Waals surface area contributed by atoms with Crippen LogP contribution in [0.1, 0.15) is 10.4 Å². The van der Waals surface area contributed by atoms with Crippen LogP contribution in [0.4, 0.5) is 11.4 Å². The SMILES string of the molecule is CS(=O)(=O)c1ccc(Cl)c(C(=O)Nc2cc(Br)ccc2N2CCOCC2)c1. The van der Waals surface area contributed by atoms with Gasteiger partial charge in [-0.3, -0.25) is 4.79 Å². The number of nitrogens with one attached hydrogen (secondary N) is 1. The predicted molar refractivity (Wildman–Crippen MR) is 110 cm³/mol. The van der Waals surface area contributed by atoms with Gasteiger partial charge in [0.2, 0.25) is 0 Å². The number of anilines is 2. The first-order chi connectivity index (χ1) is 12.8. The fraction of sp³-hybridized carbons (Fsp3) is 0.278. The summed E-state index contributed by atoms with van der Waals surface area (Å²) >= 11 is 9.55. The minimum atomic E-state index is -3.45. The zero-order chi connectivity index (χ0) is 19.6. The highest BCUT2D eigenvalue weighted by Crippen LogP contribution is 2.31. The molecule has 0 aliphatic carbocycles. The van der Waals surface area contributed by atoms with E-state index in [0.29, 0.717) is 18.9 Å². The molecule has 0 aromatic heterocycles. The van der Waals surface area contributed by atoms with Gasteiger partial charge in [0.05, 0.1) is 40.1 Å². The molecular formula is C18H18BrClN2O4S. The molecule has 0 spiro atoms. The third-order valence-electron chi connectivity index (χ3n) is 4.17. The first-order valence-corrected chi connectivity index (χ1v) is 11.2. The summed E-state index contributed by atoms with van der Waals surface area (Å²) in [6.07, 6.45) is 1.09. The molecule has 1 saturated heterocycles. The first kappa shape index (κ1) is 20.1. The van der Waals surface area contributed by atoms with Gasteiger partial charge in [-0.25, -0.2) is 8.42 Å². The molecule has 1 fully saturated rings. The standard InChI is InChI=1S/C18H18BrClN2O4S/c1-27(24,25)13-3-4-15(20)14(11-13)18(23)21-16-10-12(19)2-5-17(16)22-6-8-26-9-7-22/h2-5,10-11H,6-9H2,1H3,(H,21,23). The van der Waals surface area contributed by atoms with Crippen LogP contribution in [0.3, 0.4) is 0 Å². The van der Waals surface area contributed by atoms with E-state index in [9.17, 15) is 13.2 Å². The third kappa shape index (κ3) is 4.82. The number of carbonyl (C=O) groups excluding carboxylic acids is 1. The maximum Gasteiger partial charge on any atom is 0.257 e. The second-order valence-corrected chi connectivity index (χ2v) is 9.47. The number of hydrogen-bond donors (Lipinski definition) is 1. The van der Waals surface area contributed by atoms with E-state index >= 15 is 0 Å². The molecule has 1 aliphatic rings. The molecule has 9 heteroatoms. The minimum Gasteiger partial charge on any atom is -0.378 e. The molecular weight excluding hydrogens is 456 g/mol. The van der Waals surface area contributed by atoms with Crippen molar-refractivity contribution in [3.8, 4) is 0 Å². The maximum absolute atomic E-state index is 12.8. The summed E-state index contributed by atoms with van der Waals surface area (Å²) in [4.78, 5) is 15.0. The van der Waals surface area contributed by atoms with Gasteiger partial charge in [0, 0.05) is 23.8 Å². The van der Waals surface area contributed by atoms with Gasteiger partial charge in [-0.1, -0.05) is 27.5 Å². The quantitative estimate of drug-likeness (QED) is 0.734. The Morgan fingerprint density at radius 3 is 2.56 bits per heavy atom. The van der Waals surface area contributed by atoms with Gasteiger partial charge in [-0.15, -0.1) is 0 Å². The van der Waals surface area contributed by atoms with E-state index in [0.717, 1.165) is 29.5 Å². The molecule has 0 unspecified atom stereocenters. The molecule has 6 nitrogen and oxygen atoms in total. The van der Waals surface area contributed by atoms with Gasteiger partial charge in [0.1, 0.15) is 0 Å². The van der Waals surface area contributed by atoms with Crippen molar-refractivity contribution >= 4 is 54.7 Å². The highest BCUT2D eigenvalue weighted by Gasteiger charge is 2.19. The number of halogens is 2. The number of benzene rings is 2. The summed E-state index contributed by atoms with van der Waals surface area (Å²) in [7, 11) is -3.45. The molecule has 144 valence electrons. The van der Waals surface area contributed by atoms with Crippen molar-refractivity contribution < 1.29 is 17.9 Å². The van der Waals surface area contributed by atoms with E-state index in [1.54, 1.807) is 6.07 Å². The van der Waals surface area contributed by atoms with Gasteiger partial charge in [0.25, 0.3) is 5.91 Å². The summed E-state index contributed by atoms with van der Waals surface area (Å²) in [5.74, 6) is -0.474. The molecule has 1 aliphatic heterocycles. The number of carbonyl (C=O) groups is 1. The normalized spacial score (nSPS) is 14.9. The molecule has 0 saturated carbocycles. The predicted octanol–water partition coefficient (Wildman–Crippen LogP) is 3.59. The Morgan fingerprint density at radius 1 is 1.19 bits per heavy atom. The van der Waals surface area contributed by atoms with Crippen molar-refractivity contribution in [3.63, 3.8) is 0 Å². The van der Waals surface area contributed by atoms with Crippen molar-refractivity contribution in [3.05, 3.63) is 51.5 Å².